The molecule has 18 heavy (non-hydrogen) atoms. The predicted molar refractivity (Wildman–Crippen MR) is 68.4 cm³/mol. The number of nitro benzene ring substituents is 1. The summed E-state index contributed by atoms with van der Waals surface area (Å²) >= 11 is 0. The Morgan fingerprint density at radius 2 is 2.28 bits per heavy atom. The van der Waals surface area contributed by atoms with Crippen LogP contribution in [-0.4, -0.2) is 14.5 Å². The zero-order chi connectivity index (χ0) is 13.1. The number of nitro groups is 1. The van der Waals surface area contributed by atoms with Crippen LogP contribution in [0, 0.1) is 17.0 Å². The van der Waals surface area contributed by atoms with Crippen LogP contribution >= 0.6 is 0 Å². The number of nitrogens with zero attached hydrogens (tertiary/aromatic N) is 3. The molecule has 0 saturated carbocycles. The van der Waals surface area contributed by atoms with E-state index in [4.69, 9.17) is 0 Å². The average molecular weight is 246 g/mol. The van der Waals surface area contributed by atoms with Gasteiger partial charge in [-0.05, 0) is 12.5 Å². The molecule has 6 nitrogen and oxygen atoms in total. The monoisotopic (exact) mass is 246 g/mol. The molecule has 6 heteroatoms. The van der Waals surface area contributed by atoms with Gasteiger partial charge in [-0.15, -0.1) is 0 Å². The fourth-order valence-electron chi connectivity index (χ4n) is 1.77. The summed E-state index contributed by atoms with van der Waals surface area (Å²) in [5.41, 5.74) is 1.48. The molecule has 1 N–H and O–H groups in total. The van der Waals surface area contributed by atoms with Crippen molar-refractivity contribution in [2.24, 2.45) is 7.05 Å². The molecule has 0 aliphatic rings. The molecule has 0 spiro atoms. The van der Waals surface area contributed by atoms with E-state index in [0.29, 0.717) is 12.2 Å². The Balaban J connectivity index is 2.24. The maximum atomic E-state index is 10.9. The highest BCUT2D eigenvalue weighted by atomic mass is 16.6. The van der Waals surface area contributed by atoms with E-state index in [2.05, 4.69) is 10.3 Å². The first-order valence-corrected chi connectivity index (χ1v) is 5.53. The van der Waals surface area contributed by atoms with Gasteiger partial charge < -0.3 is 9.88 Å². The third-order valence-corrected chi connectivity index (χ3v) is 2.79. The Morgan fingerprint density at radius 3 is 2.89 bits per heavy atom. The van der Waals surface area contributed by atoms with Crippen LogP contribution < -0.4 is 5.32 Å². The molecule has 2 aromatic rings. The van der Waals surface area contributed by atoms with Crippen molar-refractivity contribution in [3.63, 3.8) is 0 Å². The van der Waals surface area contributed by atoms with Crippen molar-refractivity contribution in [1.29, 1.82) is 0 Å². The lowest BCUT2D eigenvalue weighted by Crippen LogP contribution is -2.08. The maximum absolute atomic E-state index is 10.9. The molecule has 1 heterocycles. The van der Waals surface area contributed by atoms with Gasteiger partial charge in [-0.25, -0.2) is 4.98 Å². The van der Waals surface area contributed by atoms with E-state index in [1.807, 2.05) is 30.8 Å². The van der Waals surface area contributed by atoms with Crippen molar-refractivity contribution in [2.75, 3.05) is 5.32 Å². The van der Waals surface area contributed by atoms with Gasteiger partial charge in [-0.3, -0.25) is 10.1 Å². The molecule has 2 rings (SSSR count). The number of para-hydroxylation sites is 1. The second kappa shape index (κ2) is 4.87. The summed E-state index contributed by atoms with van der Waals surface area (Å²) in [6, 6.07) is 5.01. The summed E-state index contributed by atoms with van der Waals surface area (Å²) < 4.78 is 1.87. The van der Waals surface area contributed by atoms with Crippen LogP contribution in [0.25, 0.3) is 0 Å². The molecule has 0 aliphatic heterocycles. The smallest absolute Gasteiger partial charge is 0.292 e. The molecule has 0 atom stereocenters. The average Bonchev–Trinajstić information content (AvgIpc) is 2.73. The van der Waals surface area contributed by atoms with Crippen molar-refractivity contribution in [3.8, 4) is 0 Å². The van der Waals surface area contributed by atoms with Gasteiger partial charge in [0.2, 0.25) is 0 Å². The summed E-state index contributed by atoms with van der Waals surface area (Å²) in [6.07, 6.45) is 3.53. The Bertz CT molecular complexity index is 577. The zero-order valence-corrected chi connectivity index (χ0v) is 10.3. The first-order valence-electron chi connectivity index (χ1n) is 5.53. The second-order valence-electron chi connectivity index (χ2n) is 4.03. The van der Waals surface area contributed by atoms with Gasteiger partial charge >= 0.3 is 0 Å². The lowest BCUT2D eigenvalue weighted by Gasteiger charge is -2.09. The molecule has 0 bridgehead atoms. The van der Waals surface area contributed by atoms with E-state index in [9.17, 15) is 10.1 Å². The molecule has 0 radical (unpaired) electrons. The van der Waals surface area contributed by atoms with E-state index in [1.165, 1.54) is 6.07 Å². The Hall–Kier alpha value is -2.37. The molecule has 0 amide bonds. The molecule has 1 aromatic carbocycles. The van der Waals surface area contributed by atoms with Gasteiger partial charge in [0.15, 0.2) is 0 Å². The van der Waals surface area contributed by atoms with E-state index < -0.39 is 0 Å². The van der Waals surface area contributed by atoms with Gasteiger partial charge in [0.25, 0.3) is 5.69 Å². The lowest BCUT2D eigenvalue weighted by atomic mass is 10.1. The number of rotatable bonds is 4. The highest BCUT2D eigenvalue weighted by Gasteiger charge is 2.15. The summed E-state index contributed by atoms with van der Waals surface area (Å²) in [5, 5.41) is 14.0. The molecule has 1 aromatic heterocycles. The number of nitrogens with one attached hydrogen (secondary N) is 1. The number of benzene rings is 1. The maximum Gasteiger partial charge on any atom is 0.292 e. The Labute approximate surface area is 104 Å². The number of anilines is 1. The van der Waals surface area contributed by atoms with Crippen LogP contribution in [0.2, 0.25) is 0 Å². The number of hydrogen-bond donors (Lipinski definition) is 1. The highest BCUT2D eigenvalue weighted by molar-refractivity contribution is 5.65. The number of imidazole rings is 1. The normalized spacial score (nSPS) is 10.3. The molecule has 0 unspecified atom stereocenters. The molecule has 0 fully saturated rings. The van der Waals surface area contributed by atoms with Crippen molar-refractivity contribution in [2.45, 2.75) is 13.5 Å². The third-order valence-electron chi connectivity index (χ3n) is 2.79. The Kier molecular flexibility index (Phi) is 3.27. The minimum Gasteiger partial charge on any atom is -0.372 e. The van der Waals surface area contributed by atoms with Crippen LogP contribution in [0.4, 0.5) is 11.4 Å². The van der Waals surface area contributed by atoms with Crippen LogP contribution in [0.1, 0.15) is 11.4 Å². The van der Waals surface area contributed by atoms with E-state index in [0.717, 1.165) is 11.4 Å². The summed E-state index contributed by atoms with van der Waals surface area (Å²) in [6.45, 7) is 2.29. The van der Waals surface area contributed by atoms with Crippen molar-refractivity contribution in [3.05, 3.63) is 52.1 Å². The predicted octanol–water partition coefficient (Wildman–Crippen LogP) is 2.25. The SMILES string of the molecule is Cc1cccc([N+](=O)[O-])c1NCc1nccn1C. The van der Waals surface area contributed by atoms with Crippen LogP contribution in [0.15, 0.2) is 30.6 Å². The van der Waals surface area contributed by atoms with E-state index in [1.54, 1.807) is 12.3 Å². The fourth-order valence-corrected chi connectivity index (χ4v) is 1.77. The lowest BCUT2D eigenvalue weighted by molar-refractivity contribution is -0.384. The number of hydrogen-bond acceptors (Lipinski definition) is 4. The largest absolute Gasteiger partial charge is 0.372 e. The minimum absolute atomic E-state index is 0.0872. The summed E-state index contributed by atoms with van der Waals surface area (Å²) in [4.78, 5) is 14.7. The van der Waals surface area contributed by atoms with Crippen molar-refractivity contribution < 1.29 is 4.92 Å². The van der Waals surface area contributed by atoms with Gasteiger partial charge in [0, 0.05) is 25.5 Å². The fraction of sp³-hybridized carbons (Fsp3) is 0.250. The summed E-state index contributed by atoms with van der Waals surface area (Å²) in [5.74, 6) is 0.826. The second-order valence-corrected chi connectivity index (χ2v) is 4.03. The zero-order valence-electron chi connectivity index (χ0n) is 10.3. The van der Waals surface area contributed by atoms with E-state index >= 15 is 0 Å². The van der Waals surface area contributed by atoms with Gasteiger partial charge in [-0.2, -0.15) is 0 Å². The topological polar surface area (TPSA) is 73.0 Å². The van der Waals surface area contributed by atoms with E-state index in [-0.39, 0.29) is 10.6 Å². The van der Waals surface area contributed by atoms with Gasteiger partial charge in [-0.1, -0.05) is 12.1 Å². The Morgan fingerprint density at radius 1 is 1.50 bits per heavy atom. The first-order chi connectivity index (χ1) is 8.59. The quantitative estimate of drug-likeness (QED) is 0.663. The minimum atomic E-state index is -0.381. The molecular formula is C12H14N4O2. The molecule has 0 aliphatic carbocycles. The van der Waals surface area contributed by atoms with Crippen LogP contribution in [0.3, 0.4) is 0 Å². The van der Waals surface area contributed by atoms with Crippen LogP contribution in [-0.2, 0) is 13.6 Å². The molecule has 94 valence electrons. The highest BCUT2D eigenvalue weighted by Crippen LogP contribution is 2.27. The van der Waals surface area contributed by atoms with Crippen LogP contribution in [0.5, 0.6) is 0 Å². The van der Waals surface area contributed by atoms with Crippen molar-refractivity contribution in [1.82, 2.24) is 9.55 Å². The molecular weight excluding hydrogens is 232 g/mol. The number of aryl methyl sites for hydroxylation is 2. The van der Waals surface area contributed by atoms with Crippen molar-refractivity contribution >= 4 is 11.4 Å². The summed E-state index contributed by atoms with van der Waals surface area (Å²) in [7, 11) is 1.89. The first kappa shape index (κ1) is 12.1. The molecule has 0 saturated heterocycles. The van der Waals surface area contributed by atoms with Gasteiger partial charge in [0.1, 0.15) is 11.5 Å². The third kappa shape index (κ3) is 2.32. The number of aromatic nitrogens is 2. The van der Waals surface area contributed by atoms with Gasteiger partial charge in [0.05, 0.1) is 11.5 Å². The standard InChI is InChI=1S/C12H14N4O2/c1-9-4-3-5-10(16(17)18)12(9)14-8-11-13-6-7-15(11)2/h3-7,14H,8H2,1-2H3.